The third kappa shape index (κ3) is 5.43. The lowest BCUT2D eigenvalue weighted by molar-refractivity contribution is -0.123. The predicted molar refractivity (Wildman–Crippen MR) is 114 cm³/mol. The molecule has 0 aliphatic heterocycles. The van der Waals surface area contributed by atoms with Crippen LogP contribution in [0.1, 0.15) is 42.3 Å². The molecule has 0 spiro atoms. The molecular formula is C23H29NO6. The normalized spacial score (nSPS) is 10.9. The average Bonchev–Trinajstić information content (AvgIpc) is 2.70. The van der Waals surface area contributed by atoms with Crippen LogP contribution >= 0.6 is 0 Å². The second-order valence-electron chi connectivity index (χ2n) is 7.85. The number of methoxy groups -OCH3 is 3. The van der Waals surface area contributed by atoms with Crippen LogP contribution in [0.25, 0.3) is 0 Å². The Balaban J connectivity index is 2.36. The summed E-state index contributed by atoms with van der Waals surface area (Å²) < 4.78 is 21.5. The van der Waals surface area contributed by atoms with E-state index < -0.39 is 11.4 Å². The first-order valence-corrected chi connectivity index (χ1v) is 9.48. The summed E-state index contributed by atoms with van der Waals surface area (Å²) in [6, 6.07) is 8.67. The van der Waals surface area contributed by atoms with Crippen LogP contribution in [0.5, 0.6) is 17.2 Å². The van der Waals surface area contributed by atoms with Gasteiger partial charge in [-0.15, -0.1) is 0 Å². The van der Waals surface area contributed by atoms with Crippen molar-refractivity contribution in [3.63, 3.8) is 0 Å². The Morgan fingerprint density at radius 2 is 1.50 bits per heavy atom. The molecule has 0 saturated carbocycles. The molecular weight excluding hydrogens is 386 g/mol. The van der Waals surface area contributed by atoms with Crippen LogP contribution in [-0.2, 0) is 16.1 Å². The van der Waals surface area contributed by atoms with Crippen molar-refractivity contribution in [1.82, 2.24) is 0 Å². The van der Waals surface area contributed by atoms with E-state index in [-0.39, 0.29) is 23.8 Å². The molecule has 7 nitrogen and oxygen atoms in total. The molecule has 0 heterocycles. The fraction of sp³-hybridized carbons (Fsp3) is 0.391. The highest BCUT2D eigenvalue weighted by Gasteiger charge is 2.25. The van der Waals surface area contributed by atoms with E-state index in [0.29, 0.717) is 17.2 Å². The van der Waals surface area contributed by atoms with E-state index in [2.05, 4.69) is 5.32 Å². The summed E-state index contributed by atoms with van der Waals surface area (Å²) in [6.07, 6.45) is 0. The van der Waals surface area contributed by atoms with Gasteiger partial charge in [-0.2, -0.15) is 0 Å². The minimum atomic E-state index is -0.650. The zero-order valence-corrected chi connectivity index (χ0v) is 18.5. The lowest BCUT2D eigenvalue weighted by Gasteiger charge is -2.20. The molecule has 2 aromatic carbocycles. The molecule has 2 rings (SSSR count). The van der Waals surface area contributed by atoms with Crippen molar-refractivity contribution >= 4 is 17.6 Å². The maximum absolute atomic E-state index is 12.9. The number of nitrogens with one attached hydrogen (secondary N) is 1. The Morgan fingerprint density at radius 3 is 2.07 bits per heavy atom. The monoisotopic (exact) mass is 415 g/mol. The summed E-state index contributed by atoms with van der Waals surface area (Å²) in [4.78, 5) is 25.4. The number of hydrogen-bond donors (Lipinski definition) is 1. The zero-order valence-electron chi connectivity index (χ0n) is 18.5. The van der Waals surface area contributed by atoms with E-state index in [1.807, 2.05) is 25.1 Å². The van der Waals surface area contributed by atoms with E-state index in [1.54, 1.807) is 33.9 Å². The van der Waals surface area contributed by atoms with Gasteiger partial charge in [0.2, 0.25) is 5.91 Å². The topological polar surface area (TPSA) is 83.1 Å². The maximum Gasteiger partial charge on any atom is 0.340 e. The third-order valence-corrected chi connectivity index (χ3v) is 4.47. The fourth-order valence-electron chi connectivity index (χ4n) is 2.70. The molecule has 0 aliphatic rings. The van der Waals surface area contributed by atoms with Gasteiger partial charge in [-0.25, -0.2) is 4.79 Å². The van der Waals surface area contributed by atoms with Crippen LogP contribution in [-0.4, -0.2) is 33.2 Å². The summed E-state index contributed by atoms with van der Waals surface area (Å²) in [7, 11) is 4.51. The molecule has 1 N–H and O–H groups in total. The van der Waals surface area contributed by atoms with Gasteiger partial charge in [-0.3, -0.25) is 4.79 Å². The van der Waals surface area contributed by atoms with Crippen LogP contribution in [0.3, 0.4) is 0 Å². The predicted octanol–water partition coefficient (Wildman–Crippen LogP) is 4.36. The second-order valence-corrected chi connectivity index (χ2v) is 7.85. The molecule has 0 atom stereocenters. The summed E-state index contributed by atoms with van der Waals surface area (Å²) >= 11 is 0. The van der Waals surface area contributed by atoms with Crippen LogP contribution in [0, 0.1) is 12.3 Å². The van der Waals surface area contributed by atoms with Crippen molar-refractivity contribution < 1.29 is 28.5 Å². The first-order chi connectivity index (χ1) is 14.1. The molecule has 0 aliphatic carbocycles. The smallest absolute Gasteiger partial charge is 0.340 e. The number of benzene rings is 2. The first kappa shape index (κ1) is 23.1. The average molecular weight is 415 g/mol. The van der Waals surface area contributed by atoms with Crippen LogP contribution in [0.2, 0.25) is 0 Å². The standard InChI is InChI=1S/C23H29NO6/c1-14-8-9-18(27-5)15(10-14)13-30-21(25)16-11-19(28-6)20(29-7)12-17(16)24-22(26)23(2,3)4/h8-12H,13H2,1-7H3,(H,24,26). The Morgan fingerprint density at radius 1 is 0.900 bits per heavy atom. The summed E-state index contributed by atoms with van der Waals surface area (Å²) in [5.74, 6) is 0.514. The zero-order chi connectivity index (χ0) is 22.5. The minimum absolute atomic E-state index is 0.0185. The van der Waals surface area contributed by atoms with E-state index in [4.69, 9.17) is 18.9 Å². The highest BCUT2D eigenvalue weighted by Crippen LogP contribution is 2.35. The summed E-state index contributed by atoms with van der Waals surface area (Å²) in [5, 5.41) is 2.79. The number of esters is 1. The molecule has 0 unspecified atom stereocenters. The Hall–Kier alpha value is -3.22. The largest absolute Gasteiger partial charge is 0.496 e. The Bertz CT molecular complexity index is 930. The molecule has 0 bridgehead atoms. The molecule has 2 aromatic rings. The second kappa shape index (κ2) is 9.52. The van der Waals surface area contributed by atoms with Gasteiger partial charge >= 0.3 is 5.97 Å². The molecule has 0 radical (unpaired) electrons. The molecule has 162 valence electrons. The minimum Gasteiger partial charge on any atom is -0.496 e. The van der Waals surface area contributed by atoms with Crippen molar-refractivity contribution in [2.75, 3.05) is 26.6 Å². The number of carbonyl (C=O) groups is 2. The number of carbonyl (C=O) groups excluding carboxylic acids is 2. The SMILES string of the molecule is COc1ccc(C)cc1COC(=O)c1cc(OC)c(OC)cc1NC(=O)C(C)(C)C. The van der Waals surface area contributed by atoms with Crippen molar-refractivity contribution in [1.29, 1.82) is 0 Å². The number of amides is 1. The van der Waals surface area contributed by atoms with Gasteiger partial charge in [0.25, 0.3) is 0 Å². The summed E-state index contributed by atoms with van der Waals surface area (Å²) in [6.45, 7) is 7.31. The highest BCUT2D eigenvalue weighted by atomic mass is 16.5. The number of aryl methyl sites for hydroxylation is 1. The van der Waals surface area contributed by atoms with E-state index in [1.165, 1.54) is 20.3 Å². The van der Waals surface area contributed by atoms with Crippen LogP contribution in [0.15, 0.2) is 30.3 Å². The van der Waals surface area contributed by atoms with Gasteiger partial charge in [-0.05, 0) is 19.1 Å². The van der Waals surface area contributed by atoms with Crippen molar-refractivity contribution in [2.24, 2.45) is 5.41 Å². The van der Waals surface area contributed by atoms with Crippen LogP contribution < -0.4 is 19.5 Å². The van der Waals surface area contributed by atoms with Gasteiger partial charge in [0.05, 0.1) is 32.6 Å². The number of hydrogen-bond acceptors (Lipinski definition) is 6. The third-order valence-electron chi connectivity index (χ3n) is 4.47. The molecule has 7 heteroatoms. The fourth-order valence-corrected chi connectivity index (χ4v) is 2.70. The van der Waals surface area contributed by atoms with Gasteiger partial charge in [0.1, 0.15) is 12.4 Å². The van der Waals surface area contributed by atoms with Crippen molar-refractivity contribution in [3.05, 3.63) is 47.0 Å². The van der Waals surface area contributed by atoms with E-state index >= 15 is 0 Å². The maximum atomic E-state index is 12.9. The quantitative estimate of drug-likeness (QED) is 0.677. The molecule has 0 aromatic heterocycles. The van der Waals surface area contributed by atoms with Gasteiger partial charge in [0, 0.05) is 23.1 Å². The van der Waals surface area contributed by atoms with E-state index in [0.717, 1.165) is 11.1 Å². The van der Waals surface area contributed by atoms with Crippen molar-refractivity contribution in [2.45, 2.75) is 34.3 Å². The van der Waals surface area contributed by atoms with E-state index in [9.17, 15) is 9.59 Å². The Labute approximate surface area is 177 Å². The lowest BCUT2D eigenvalue weighted by Crippen LogP contribution is -2.28. The van der Waals surface area contributed by atoms with Gasteiger partial charge in [0.15, 0.2) is 11.5 Å². The number of rotatable bonds is 7. The molecule has 0 fully saturated rings. The number of anilines is 1. The molecule has 0 saturated heterocycles. The Kier molecular flexibility index (Phi) is 7.32. The molecule has 30 heavy (non-hydrogen) atoms. The molecule has 1 amide bonds. The van der Waals surface area contributed by atoms with Gasteiger partial charge in [-0.1, -0.05) is 32.4 Å². The van der Waals surface area contributed by atoms with Crippen molar-refractivity contribution in [3.8, 4) is 17.2 Å². The lowest BCUT2D eigenvalue weighted by atomic mass is 9.95. The number of ether oxygens (including phenoxy) is 4. The highest BCUT2D eigenvalue weighted by molar-refractivity contribution is 6.03. The first-order valence-electron chi connectivity index (χ1n) is 9.48. The van der Waals surface area contributed by atoms with Gasteiger partial charge < -0.3 is 24.3 Å². The van der Waals surface area contributed by atoms with Crippen LogP contribution in [0.4, 0.5) is 5.69 Å². The summed E-state index contributed by atoms with van der Waals surface area (Å²) in [5.41, 5.74) is 1.56.